The predicted octanol–water partition coefficient (Wildman–Crippen LogP) is 3.61. The molecule has 2 nitrogen and oxygen atoms in total. The molecule has 1 aliphatic rings. The van der Waals surface area contributed by atoms with Crippen molar-refractivity contribution in [1.29, 1.82) is 0 Å². The maximum atomic E-state index is 6.25. The first-order chi connectivity index (χ1) is 9.33. The molecule has 2 heteroatoms. The van der Waals surface area contributed by atoms with Gasteiger partial charge in [0.25, 0.3) is 0 Å². The highest BCUT2D eigenvalue weighted by Crippen LogP contribution is 2.37. The Labute approximate surface area is 114 Å². The van der Waals surface area contributed by atoms with Crippen molar-refractivity contribution < 1.29 is 4.74 Å². The Morgan fingerprint density at radius 1 is 0.737 bits per heavy atom. The highest BCUT2D eigenvalue weighted by Gasteiger charge is 2.29. The van der Waals surface area contributed by atoms with Crippen molar-refractivity contribution >= 4 is 0 Å². The summed E-state index contributed by atoms with van der Waals surface area (Å²) in [6.07, 6.45) is 2.01. The number of hydrogen-bond donors (Lipinski definition) is 1. The molecule has 0 radical (unpaired) electrons. The van der Waals surface area contributed by atoms with Crippen LogP contribution in [-0.4, -0.2) is 6.04 Å². The van der Waals surface area contributed by atoms with Gasteiger partial charge in [-0.1, -0.05) is 60.7 Å². The molecule has 1 heterocycles. The van der Waals surface area contributed by atoms with E-state index in [1.165, 1.54) is 11.1 Å². The van der Waals surface area contributed by atoms with E-state index in [1.54, 1.807) is 0 Å². The van der Waals surface area contributed by atoms with E-state index in [4.69, 9.17) is 10.5 Å². The Kier molecular flexibility index (Phi) is 3.62. The smallest absolute Gasteiger partial charge is 0.0848 e. The van der Waals surface area contributed by atoms with E-state index >= 15 is 0 Å². The van der Waals surface area contributed by atoms with Gasteiger partial charge in [-0.15, -0.1) is 0 Å². The van der Waals surface area contributed by atoms with Crippen molar-refractivity contribution in [3.63, 3.8) is 0 Å². The lowest BCUT2D eigenvalue weighted by atomic mass is 9.92. The Hall–Kier alpha value is -1.64. The number of benzene rings is 2. The summed E-state index contributed by atoms with van der Waals surface area (Å²) in [7, 11) is 0. The van der Waals surface area contributed by atoms with Crippen molar-refractivity contribution in [2.75, 3.05) is 0 Å². The van der Waals surface area contributed by atoms with E-state index in [0.717, 1.165) is 12.8 Å². The molecule has 2 aromatic rings. The number of rotatable bonds is 2. The monoisotopic (exact) mass is 253 g/mol. The third kappa shape index (κ3) is 2.86. The van der Waals surface area contributed by atoms with Gasteiger partial charge < -0.3 is 10.5 Å². The third-order valence-electron chi connectivity index (χ3n) is 3.70. The second-order valence-electron chi connectivity index (χ2n) is 5.17. The van der Waals surface area contributed by atoms with Crippen LogP contribution in [0.25, 0.3) is 0 Å². The van der Waals surface area contributed by atoms with Crippen molar-refractivity contribution in [2.24, 2.45) is 5.73 Å². The molecule has 2 N–H and O–H groups in total. The Morgan fingerprint density at radius 2 is 1.16 bits per heavy atom. The summed E-state index contributed by atoms with van der Waals surface area (Å²) < 4.78 is 6.25. The van der Waals surface area contributed by atoms with Crippen LogP contribution in [0, 0.1) is 0 Å². The molecule has 0 bridgehead atoms. The molecule has 3 rings (SSSR count). The molecule has 2 aromatic carbocycles. The largest absolute Gasteiger partial charge is 0.365 e. The second kappa shape index (κ2) is 5.55. The first kappa shape index (κ1) is 12.4. The Bertz CT molecular complexity index is 464. The molecular formula is C17H19NO. The molecule has 0 spiro atoms. The minimum absolute atomic E-state index is 0.107. The topological polar surface area (TPSA) is 35.2 Å². The van der Waals surface area contributed by atoms with Crippen LogP contribution in [0.15, 0.2) is 60.7 Å². The fourth-order valence-corrected chi connectivity index (χ4v) is 2.72. The lowest BCUT2D eigenvalue weighted by molar-refractivity contribution is -0.0605. The van der Waals surface area contributed by atoms with Crippen LogP contribution in [-0.2, 0) is 4.74 Å². The van der Waals surface area contributed by atoms with Crippen molar-refractivity contribution in [2.45, 2.75) is 31.1 Å². The molecule has 19 heavy (non-hydrogen) atoms. The van der Waals surface area contributed by atoms with E-state index in [2.05, 4.69) is 48.5 Å². The highest BCUT2D eigenvalue weighted by molar-refractivity contribution is 5.22. The maximum absolute atomic E-state index is 6.25. The summed E-state index contributed by atoms with van der Waals surface area (Å²) >= 11 is 0. The van der Waals surface area contributed by atoms with Gasteiger partial charge in [0.2, 0.25) is 0 Å². The van der Waals surface area contributed by atoms with Crippen LogP contribution < -0.4 is 5.73 Å². The minimum atomic E-state index is 0.107. The number of nitrogens with two attached hydrogens (primary N) is 1. The van der Waals surface area contributed by atoms with Gasteiger partial charge in [0, 0.05) is 6.04 Å². The molecule has 1 saturated heterocycles. The Balaban J connectivity index is 1.82. The van der Waals surface area contributed by atoms with Crippen LogP contribution in [0.1, 0.15) is 36.2 Å². The summed E-state index contributed by atoms with van der Waals surface area (Å²) in [6.45, 7) is 0. The molecule has 3 atom stereocenters. The molecule has 1 fully saturated rings. The first-order valence-electron chi connectivity index (χ1n) is 6.84. The zero-order chi connectivity index (χ0) is 13.1. The van der Waals surface area contributed by atoms with E-state index in [0.29, 0.717) is 0 Å². The fraction of sp³-hybridized carbons (Fsp3) is 0.294. The minimum Gasteiger partial charge on any atom is -0.365 e. The Morgan fingerprint density at radius 3 is 1.58 bits per heavy atom. The van der Waals surface area contributed by atoms with Crippen LogP contribution >= 0.6 is 0 Å². The average Bonchev–Trinajstić information content (AvgIpc) is 2.48. The van der Waals surface area contributed by atoms with E-state index in [1.807, 2.05) is 12.1 Å². The van der Waals surface area contributed by atoms with Gasteiger partial charge in [-0.25, -0.2) is 0 Å². The standard InChI is InChI=1S/C17H19NO/c18-15-11-16(13-7-3-1-4-8-13)19-17(12-15)14-9-5-2-6-10-14/h1-10,15-17H,11-12,18H2/t15-,16-,17+. The molecule has 0 amide bonds. The molecule has 0 aliphatic carbocycles. The predicted molar refractivity (Wildman–Crippen MR) is 76.7 cm³/mol. The van der Waals surface area contributed by atoms with Gasteiger partial charge in [0.1, 0.15) is 0 Å². The summed E-state index contributed by atoms with van der Waals surface area (Å²) in [4.78, 5) is 0. The van der Waals surface area contributed by atoms with Crippen molar-refractivity contribution in [3.8, 4) is 0 Å². The maximum Gasteiger partial charge on any atom is 0.0848 e. The molecule has 98 valence electrons. The van der Waals surface area contributed by atoms with Gasteiger partial charge in [-0.2, -0.15) is 0 Å². The van der Waals surface area contributed by atoms with E-state index < -0.39 is 0 Å². The van der Waals surface area contributed by atoms with Gasteiger partial charge in [0.05, 0.1) is 12.2 Å². The van der Waals surface area contributed by atoms with E-state index in [9.17, 15) is 0 Å². The van der Waals surface area contributed by atoms with Crippen LogP contribution in [0.3, 0.4) is 0 Å². The first-order valence-corrected chi connectivity index (χ1v) is 6.84. The zero-order valence-corrected chi connectivity index (χ0v) is 10.9. The quantitative estimate of drug-likeness (QED) is 0.887. The van der Waals surface area contributed by atoms with Gasteiger partial charge in [-0.3, -0.25) is 0 Å². The van der Waals surface area contributed by atoms with Gasteiger partial charge in [0.15, 0.2) is 0 Å². The lowest BCUT2D eigenvalue weighted by Crippen LogP contribution is -2.32. The summed E-state index contributed by atoms with van der Waals surface area (Å²) in [5.41, 5.74) is 8.65. The summed E-state index contributed by atoms with van der Waals surface area (Å²) in [6, 6.07) is 20.9. The van der Waals surface area contributed by atoms with Crippen molar-refractivity contribution in [1.82, 2.24) is 0 Å². The molecular weight excluding hydrogens is 234 g/mol. The molecule has 1 aliphatic heterocycles. The summed E-state index contributed by atoms with van der Waals surface area (Å²) in [5.74, 6) is 0. The van der Waals surface area contributed by atoms with Gasteiger partial charge in [-0.05, 0) is 24.0 Å². The molecule has 0 unspecified atom stereocenters. The SMILES string of the molecule is N[C@H]1C[C@@H](c2ccccc2)O[C@@H](c2ccccc2)C1. The normalized spacial score (nSPS) is 27.1. The van der Waals surface area contributed by atoms with Crippen LogP contribution in [0.2, 0.25) is 0 Å². The summed E-state index contributed by atoms with van der Waals surface area (Å²) in [5, 5.41) is 0. The average molecular weight is 253 g/mol. The third-order valence-corrected chi connectivity index (χ3v) is 3.70. The zero-order valence-electron chi connectivity index (χ0n) is 10.9. The number of hydrogen-bond acceptors (Lipinski definition) is 2. The fourth-order valence-electron chi connectivity index (χ4n) is 2.72. The molecule has 0 aromatic heterocycles. The van der Waals surface area contributed by atoms with Crippen LogP contribution in [0.5, 0.6) is 0 Å². The van der Waals surface area contributed by atoms with Crippen LogP contribution in [0.4, 0.5) is 0 Å². The van der Waals surface area contributed by atoms with Gasteiger partial charge >= 0.3 is 0 Å². The lowest BCUT2D eigenvalue weighted by Gasteiger charge is -2.34. The second-order valence-corrected chi connectivity index (χ2v) is 5.17. The van der Waals surface area contributed by atoms with E-state index in [-0.39, 0.29) is 18.2 Å². The van der Waals surface area contributed by atoms with Crippen molar-refractivity contribution in [3.05, 3.63) is 71.8 Å². The molecule has 0 saturated carbocycles. The highest BCUT2D eigenvalue weighted by atomic mass is 16.5. The number of ether oxygens (including phenoxy) is 1.